The molecule has 7 heteroatoms. The number of anilines is 2. The van der Waals surface area contributed by atoms with E-state index in [-0.39, 0.29) is 16.1 Å². The lowest BCUT2D eigenvalue weighted by Gasteiger charge is -2.21. The highest BCUT2D eigenvalue weighted by Gasteiger charge is 2.28. The van der Waals surface area contributed by atoms with Crippen molar-refractivity contribution in [2.45, 2.75) is 26.2 Å². The number of primary amides is 1. The van der Waals surface area contributed by atoms with Crippen molar-refractivity contribution in [3.63, 3.8) is 0 Å². The molecule has 1 amide bonds. The van der Waals surface area contributed by atoms with Crippen LogP contribution in [0.15, 0.2) is 0 Å². The van der Waals surface area contributed by atoms with E-state index in [4.69, 9.17) is 16.2 Å². The number of esters is 1. The highest BCUT2D eigenvalue weighted by atomic mass is 32.1. The normalized spacial score (nSPS) is 19.1. The second-order valence-electron chi connectivity index (χ2n) is 5.40. The van der Waals surface area contributed by atoms with Gasteiger partial charge in [-0.2, -0.15) is 0 Å². The second-order valence-corrected chi connectivity index (χ2v) is 6.40. The van der Waals surface area contributed by atoms with Gasteiger partial charge < -0.3 is 21.1 Å². The maximum atomic E-state index is 11.8. The molecule has 4 N–H and O–H groups in total. The van der Waals surface area contributed by atoms with Crippen molar-refractivity contribution in [1.29, 1.82) is 0 Å². The molecule has 21 heavy (non-hydrogen) atoms. The minimum absolute atomic E-state index is 0.131. The molecule has 0 aromatic carbocycles. The Labute approximate surface area is 128 Å². The third kappa shape index (κ3) is 3.12. The van der Waals surface area contributed by atoms with Crippen LogP contribution in [0.4, 0.5) is 10.7 Å². The van der Waals surface area contributed by atoms with Gasteiger partial charge in [0.1, 0.15) is 9.88 Å². The third-order valence-corrected chi connectivity index (χ3v) is 5.09. The molecule has 1 aromatic heterocycles. The van der Waals surface area contributed by atoms with E-state index in [0.717, 1.165) is 32.4 Å². The van der Waals surface area contributed by atoms with Gasteiger partial charge in [-0.25, -0.2) is 4.79 Å². The SMILES string of the molecule is COC(=O)c1sc(N2CCCC(C)CC2)c(C(N)=O)c1N. The van der Waals surface area contributed by atoms with Gasteiger partial charge in [0.05, 0.1) is 18.4 Å². The average molecular weight is 311 g/mol. The van der Waals surface area contributed by atoms with Gasteiger partial charge in [0.15, 0.2) is 0 Å². The third-order valence-electron chi connectivity index (χ3n) is 3.85. The highest BCUT2D eigenvalue weighted by Crippen LogP contribution is 2.39. The molecule has 0 aliphatic carbocycles. The van der Waals surface area contributed by atoms with Gasteiger partial charge in [0.25, 0.3) is 5.91 Å². The van der Waals surface area contributed by atoms with E-state index >= 15 is 0 Å². The van der Waals surface area contributed by atoms with E-state index in [2.05, 4.69) is 11.8 Å². The zero-order valence-corrected chi connectivity index (χ0v) is 13.2. The number of methoxy groups -OCH3 is 1. The van der Waals surface area contributed by atoms with E-state index in [0.29, 0.717) is 10.9 Å². The Kier molecular flexibility index (Phi) is 4.72. The largest absolute Gasteiger partial charge is 0.465 e. The lowest BCUT2D eigenvalue weighted by molar-refractivity contribution is 0.0607. The number of nitrogens with zero attached hydrogens (tertiary/aromatic N) is 1. The van der Waals surface area contributed by atoms with E-state index in [1.54, 1.807) is 0 Å². The molecule has 1 aromatic rings. The number of rotatable bonds is 3. The minimum atomic E-state index is -0.605. The number of carbonyl (C=O) groups excluding carboxylic acids is 2. The number of carbonyl (C=O) groups is 2. The first-order valence-corrected chi connectivity index (χ1v) is 7.82. The number of amides is 1. The Hall–Kier alpha value is -1.76. The summed E-state index contributed by atoms with van der Waals surface area (Å²) in [7, 11) is 1.29. The van der Waals surface area contributed by atoms with Crippen LogP contribution < -0.4 is 16.4 Å². The molecule has 0 spiro atoms. The van der Waals surface area contributed by atoms with Gasteiger partial charge in [-0.1, -0.05) is 6.92 Å². The monoisotopic (exact) mass is 311 g/mol. The molecular weight excluding hydrogens is 290 g/mol. The predicted molar refractivity (Wildman–Crippen MR) is 83.8 cm³/mol. The van der Waals surface area contributed by atoms with Crippen molar-refractivity contribution < 1.29 is 14.3 Å². The van der Waals surface area contributed by atoms with Gasteiger partial charge in [-0.15, -0.1) is 11.3 Å². The molecule has 116 valence electrons. The highest BCUT2D eigenvalue weighted by molar-refractivity contribution is 7.19. The topological polar surface area (TPSA) is 98.6 Å². The van der Waals surface area contributed by atoms with E-state index < -0.39 is 11.9 Å². The van der Waals surface area contributed by atoms with Crippen LogP contribution in [-0.4, -0.2) is 32.1 Å². The molecule has 1 aliphatic heterocycles. The lowest BCUT2D eigenvalue weighted by Crippen LogP contribution is -2.26. The van der Waals surface area contributed by atoms with Gasteiger partial charge in [0.2, 0.25) is 0 Å². The Morgan fingerprint density at radius 3 is 2.67 bits per heavy atom. The summed E-state index contributed by atoms with van der Waals surface area (Å²) in [6, 6.07) is 0. The molecular formula is C14H21N3O3S. The first-order valence-electron chi connectivity index (χ1n) is 7.01. The first kappa shape index (κ1) is 15.6. The molecule has 1 fully saturated rings. The average Bonchev–Trinajstić information content (AvgIpc) is 2.63. The number of nitrogen functional groups attached to an aromatic ring is 1. The standard InChI is InChI=1S/C14H21N3O3S/c1-8-4-3-6-17(7-5-8)13-9(12(16)18)10(15)11(21-13)14(19)20-2/h8H,3-7,15H2,1-2H3,(H2,16,18). The zero-order valence-electron chi connectivity index (χ0n) is 12.3. The Morgan fingerprint density at radius 1 is 1.33 bits per heavy atom. The first-order chi connectivity index (χ1) is 9.95. The molecule has 0 saturated carbocycles. The van der Waals surface area contributed by atoms with Crippen molar-refractivity contribution in [3.8, 4) is 0 Å². The number of ether oxygens (including phenoxy) is 1. The predicted octanol–water partition coefficient (Wildman–Crippen LogP) is 1.84. The number of nitrogens with two attached hydrogens (primary N) is 2. The fourth-order valence-electron chi connectivity index (χ4n) is 2.60. The maximum Gasteiger partial charge on any atom is 0.350 e. The number of hydrogen-bond donors (Lipinski definition) is 2. The van der Waals surface area contributed by atoms with E-state index in [1.807, 2.05) is 0 Å². The maximum absolute atomic E-state index is 11.8. The Balaban J connectivity index is 2.42. The fraction of sp³-hybridized carbons (Fsp3) is 0.571. The molecule has 2 heterocycles. The summed E-state index contributed by atoms with van der Waals surface area (Å²) in [6.07, 6.45) is 3.25. The molecule has 1 atom stereocenters. The lowest BCUT2D eigenvalue weighted by atomic mass is 10.0. The van der Waals surface area contributed by atoms with Crippen LogP contribution in [0.25, 0.3) is 0 Å². The van der Waals surface area contributed by atoms with Crippen LogP contribution in [0.5, 0.6) is 0 Å². The van der Waals surface area contributed by atoms with E-state index in [1.165, 1.54) is 18.4 Å². The second kappa shape index (κ2) is 6.34. The number of thiophene rings is 1. The fourth-order valence-corrected chi connectivity index (χ4v) is 3.80. The van der Waals surface area contributed by atoms with Crippen LogP contribution in [-0.2, 0) is 4.74 Å². The Morgan fingerprint density at radius 2 is 2.05 bits per heavy atom. The zero-order chi connectivity index (χ0) is 15.6. The van der Waals surface area contributed by atoms with Crippen molar-refractivity contribution in [2.24, 2.45) is 11.7 Å². The summed E-state index contributed by atoms with van der Waals surface area (Å²) < 4.78 is 4.72. The smallest absolute Gasteiger partial charge is 0.350 e. The Bertz CT molecular complexity index is 556. The molecule has 2 rings (SSSR count). The summed E-state index contributed by atoms with van der Waals surface area (Å²) >= 11 is 1.19. The molecule has 0 radical (unpaired) electrons. The summed E-state index contributed by atoms with van der Waals surface area (Å²) in [4.78, 5) is 25.8. The van der Waals surface area contributed by atoms with Gasteiger partial charge >= 0.3 is 5.97 Å². The summed E-state index contributed by atoms with van der Waals surface area (Å²) in [5.74, 6) is -0.481. The molecule has 6 nitrogen and oxygen atoms in total. The quantitative estimate of drug-likeness (QED) is 0.830. The molecule has 0 bridgehead atoms. The molecule has 1 aliphatic rings. The molecule has 1 saturated heterocycles. The van der Waals surface area contributed by atoms with Gasteiger partial charge in [-0.3, -0.25) is 4.79 Å². The van der Waals surface area contributed by atoms with Crippen LogP contribution in [0.2, 0.25) is 0 Å². The van der Waals surface area contributed by atoms with Crippen LogP contribution in [0.1, 0.15) is 46.2 Å². The minimum Gasteiger partial charge on any atom is -0.465 e. The van der Waals surface area contributed by atoms with Crippen molar-refractivity contribution in [1.82, 2.24) is 0 Å². The number of hydrogen-bond acceptors (Lipinski definition) is 6. The van der Waals surface area contributed by atoms with Crippen LogP contribution in [0, 0.1) is 5.92 Å². The van der Waals surface area contributed by atoms with E-state index in [9.17, 15) is 9.59 Å². The van der Waals surface area contributed by atoms with Crippen molar-refractivity contribution in [2.75, 3.05) is 30.8 Å². The molecule has 1 unspecified atom stereocenters. The van der Waals surface area contributed by atoms with Gasteiger partial charge in [-0.05, 0) is 25.2 Å². The summed E-state index contributed by atoms with van der Waals surface area (Å²) in [5, 5.41) is 0.689. The van der Waals surface area contributed by atoms with Crippen molar-refractivity contribution in [3.05, 3.63) is 10.4 Å². The van der Waals surface area contributed by atoms with Crippen molar-refractivity contribution >= 4 is 33.9 Å². The summed E-state index contributed by atoms with van der Waals surface area (Å²) in [6.45, 7) is 3.90. The summed E-state index contributed by atoms with van der Waals surface area (Å²) in [5.41, 5.74) is 11.8. The van der Waals surface area contributed by atoms with Crippen LogP contribution in [0.3, 0.4) is 0 Å². The van der Waals surface area contributed by atoms with Crippen LogP contribution >= 0.6 is 11.3 Å². The van der Waals surface area contributed by atoms with Gasteiger partial charge in [0, 0.05) is 13.1 Å².